The van der Waals surface area contributed by atoms with Crippen LogP contribution in [0, 0.1) is 5.95 Å². The Labute approximate surface area is 88.9 Å². The molecule has 0 N–H and O–H groups in total. The number of halogens is 1. The van der Waals surface area contributed by atoms with E-state index >= 15 is 0 Å². The van der Waals surface area contributed by atoms with Crippen LogP contribution in [0.5, 0.6) is 0 Å². The third-order valence-corrected chi connectivity index (χ3v) is 2.49. The number of hydrogen-bond donors (Lipinski definition) is 0. The van der Waals surface area contributed by atoms with Crippen molar-refractivity contribution >= 4 is 5.69 Å². The van der Waals surface area contributed by atoms with E-state index in [0.29, 0.717) is 0 Å². The zero-order valence-corrected chi connectivity index (χ0v) is 8.98. The van der Waals surface area contributed by atoms with Gasteiger partial charge in [-0.1, -0.05) is 0 Å². The molecular formula is C11H15FN2O. The first-order valence-corrected chi connectivity index (χ1v) is 5.17. The van der Waals surface area contributed by atoms with E-state index in [1.807, 2.05) is 19.9 Å². The van der Waals surface area contributed by atoms with Crippen LogP contribution >= 0.6 is 0 Å². The van der Waals surface area contributed by atoms with E-state index in [-0.39, 0.29) is 12.2 Å². The number of rotatable bonds is 1. The Bertz CT molecular complexity index is 335. The zero-order chi connectivity index (χ0) is 10.8. The third-order valence-electron chi connectivity index (χ3n) is 2.49. The molecule has 2 rings (SSSR count). The molecule has 2 heterocycles. The number of ether oxygens (including phenoxy) is 1. The maximum Gasteiger partial charge on any atom is 0.214 e. The molecule has 0 aliphatic carbocycles. The number of morpholine rings is 1. The van der Waals surface area contributed by atoms with Crippen molar-refractivity contribution in [2.45, 2.75) is 26.1 Å². The van der Waals surface area contributed by atoms with Gasteiger partial charge in [-0.25, -0.2) is 4.98 Å². The van der Waals surface area contributed by atoms with Crippen molar-refractivity contribution < 1.29 is 9.13 Å². The minimum Gasteiger partial charge on any atom is -0.372 e. The molecule has 1 saturated heterocycles. The quantitative estimate of drug-likeness (QED) is 0.661. The van der Waals surface area contributed by atoms with Gasteiger partial charge in [0.1, 0.15) is 0 Å². The van der Waals surface area contributed by atoms with Crippen molar-refractivity contribution in [1.82, 2.24) is 4.98 Å². The molecule has 2 unspecified atom stereocenters. The molecule has 1 aromatic rings. The Kier molecular flexibility index (Phi) is 2.86. The van der Waals surface area contributed by atoms with Gasteiger partial charge in [-0.05, 0) is 19.9 Å². The number of hydrogen-bond acceptors (Lipinski definition) is 3. The highest BCUT2D eigenvalue weighted by Crippen LogP contribution is 2.19. The van der Waals surface area contributed by atoms with Crippen LogP contribution < -0.4 is 4.90 Å². The Morgan fingerprint density at radius 2 is 2.07 bits per heavy atom. The first-order valence-electron chi connectivity index (χ1n) is 5.17. The highest BCUT2D eigenvalue weighted by atomic mass is 19.1. The summed E-state index contributed by atoms with van der Waals surface area (Å²) in [5.41, 5.74) is 0.879. The van der Waals surface area contributed by atoms with Gasteiger partial charge in [-0.3, -0.25) is 0 Å². The van der Waals surface area contributed by atoms with E-state index in [2.05, 4.69) is 9.88 Å². The fraction of sp³-hybridized carbons (Fsp3) is 0.545. The van der Waals surface area contributed by atoms with E-state index in [9.17, 15) is 4.39 Å². The average molecular weight is 210 g/mol. The number of nitrogens with zero attached hydrogens (tertiary/aromatic N) is 2. The van der Waals surface area contributed by atoms with E-state index in [1.54, 1.807) is 0 Å². The lowest BCUT2D eigenvalue weighted by molar-refractivity contribution is -0.00524. The molecule has 4 heteroatoms. The summed E-state index contributed by atoms with van der Waals surface area (Å²) in [7, 11) is 0. The summed E-state index contributed by atoms with van der Waals surface area (Å²) in [6.07, 6.45) is 1.87. The molecule has 2 atom stereocenters. The fourth-order valence-electron chi connectivity index (χ4n) is 1.98. The molecule has 1 aliphatic heterocycles. The Balaban J connectivity index is 2.16. The lowest BCUT2D eigenvalue weighted by Crippen LogP contribution is -2.45. The smallest absolute Gasteiger partial charge is 0.214 e. The monoisotopic (exact) mass is 210 g/mol. The number of anilines is 1. The summed E-state index contributed by atoms with van der Waals surface area (Å²) in [5, 5.41) is 0. The molecule has 1 aromatic heterocycles. The van der Waals surface area contributed by atoms with E-state index < -0.39 is 5.95 Å². The van der Waals surface area contributed by atoms with Crippen molar-refractivity contribution in [2.24, 2.45) is 0 Å². The minimum absolute atomic E-state index is 0.185. The molecule has 0 bridgehead atoms. The third kappa shape index (κ3) is 2.45. The van der Waals surface area contributed by atoms with E-state index in [1.165, 1.54) is 12.3 Å². The first-order chi connectivity index (χ1) is 7.15. The van der Waals surface area contributed by atoms with Crippen molar-refractivity contribution in [3.05, 3.63) is 24.3 Å². The summed E-state index contributed by atoms with van der Waals surface area (Å²) in [5.74, 6) is -0.431. The van der Waals surface area contributed by atoms with Crippen LogP contribution in [0.2, 0.25) is 0 Å². The SMILES string of the molecule is CC1CN(c2ccnc(F)c2)CC(C)O1. The molecule has 0 amide bonds. The van der Waals surface area contributed by atoms with Gasteiger partial charge in [0, 0.05) is 31.0 Å². The van der Waals surface area contributed by atoms with Gasteiger partial charge in [0.2, 0.25) is 5.95 Å². The van der Waals surface area contributed by atoms with Gasteiger partial charge in [0.05, 0.1) is 12.2 Å². The second-order valence-electron chi connectivity index (χ2n) is 4.00. The van der Waals surface area contributed by atoms with Crippen LogP contribution in [0.3, 0.4) is 0 Å². The highest BCUT2D eigenvalue weighted by Gasteiger charge is 2.22. The topological polar surface area (TPSA) is 25.4 Å². The Hall–Kier alpha value is -1.16. The van der Waals surface area contributed by atoms with Crippen LogP contribution in [-0.4, -0.2) is 30.3 Å². The molecular weight excluding hydrogens is 195 g/mol. The molecule has 1 aliphatic rings. The van der Waals surface area contributed by atoms with Crippen molar-refractivity contribution in [3.8, 4) is 0 Å². The van der Waals surface area contributed by atoms with Gasteiger partial charge in [0.15, 0.2) is 0 Å². The Morgan fingerprint density at radius 1 is 1.40 bits per heavy atom. The predicted molar refractivity (Wildman–Crippen MR) is 56.4 cm³/mol. The van der Waals surface area contributed by atoms with Crippen LogP contribution in [0.1, 0.15) is 13.8 Å². The maximum absolute atomic E-state index is 12.9. The summed E-state index contributed by atoms with van der Waals surface area (Å²) >= 11 is 0. The van der Waals surface area contributed by atoms with E-state index in [4.69, 9.17) is 4.74 Å². The highest BCUT2D eigenvalue weighted by molar-refractivity contribution is 5.45. The van der Waals surface area contributed by atoms with Gasteiger partial charge < -0.3 is 9.64 Å². The first kappa shape index (κ1) is 10.4. The summed E-state index contributed by atoms with van der Waals surface area (Å²) < 4.78 is 18.6. The molecule has 0 spiro atoms. The summed E-state index contributed by atoms with van der Waals surface area (Å²) in [6, 6.07) is 3.29. The summed E-state index contributed by atoms with van der Waals surface area (Å²) in [6.45, 7) is 5.65. The molecule has 1 fully saturated rings. The van der Waals surface area contributed by atoms with Crippen molar-refractivity contribution in [2.75, 3.05) is 18.0 Å². The second kappa shape index (κ2) is 4.14. The Morgan fingerprint density at radius 3 is 2.67 bits per heavy atom. The van der Waals surface area contributed by atoms with E-state index in [0.717, 1.165) is 18.8 Å². The zero-order valence-electron chi connectivity index (χ0n) is 8.98. The lowest BCUT2D eigenvalue weighted by Gasteiger charge is -2.36. The molecule has 0 saturated carbocycles. The number of aromatic nitrogens is 1. The van der Waals surface area contributed by atoms with Crippen LogP contribution in [0.4, 0.5) is 10.1 Å². The number of pyridine rings is 1. The van der Waals surface area contributed by atoms with Crippen LogP contribution in [0.15, 0.2) is 18.3 Å². The van der Waals surface area contributed by atoms with Gasteiger partial charge in [-0.15, -0.1) is 0 Å². The largest absolute Gasteiger partial charge is 0.372 e. The van der Waals surface area contributed by atoms with Crippen molar-refractivity contribution in [3.63, 3.8) is 0 Å². The maximum atomic E-state index is 12.9. The lowest BCUT2D eigenvalue weighted by atomic mass is 10.2. The second-order valence-corrected chi connectivity index (χ2v) is 4.00. The molecule has 3 nitrogen and oxygen atoms in total. The normalized spacial score (nSPS) is 26.7. The minimum atomic E-state index is -0.431. The molecule has 0 radical (unpaired) electrons. The van der Waals surface area contributed by atoms with Crippen LogP contribution in [0.25, 0.3) is 0 Å². The fourth-order valence-corrected chi connectivity index (χ4v) is 1.98. The summed E-state index contributed by atoms with van der Waals surface area (Å²) in [4.78, 5) is 5.68. The van der Waals surface area contributed by atoms with Gasteiger partial charge in [0.25, 0.3) is 0 Å². The average Bonchev–Trinajstić information content (AvgIpc) is 2.16. The molecule has 0 aromatic carbocycles. The molecule has 15 heavy (non-hydrogen) atoms. The predicted octanol–water partition coefficient (Wildman–Crippen LogP) is 1.83. The van der Waals surface area contributed by atoms with Crippen molar-refractivity contribution in [1.29, 1.82) is 0 Å². The molecule has 82 valence electrons. The van der Waals surface area contributed by atoms with Gasteiger partial charge >= 0.3 is 0 Å². The van der Waals surface area contributed by atoms with Gasteiger partial charge in [-0.2, -0.15) is 4.39 Å². The van der Waals surface area contributed by atoms with Crippen LogP contribution in [-0.2, 0) is 4.74 Å². The standard InChI is InChI=1S/C11H15FN2O/c1-8-6-14(7-9(2)15-8)10-3-4-13-11(12)5-10/h3-5,8-9H,6-7H2,1-2H3.